The first kappa shape index (κ1) is 11.4. The van der Waals surface area contributed by atoms with Crippen LogP contribution < -0.4 is 0 Å². The van der Waals surface area contributed by atoms with Gasteiger partial charge in [0.15, 0.2) is 0 Å². The molecular weight excluding hydrogens is 224 g/mol. The zero-order valence-electron chi connectivity index (χ0n) is 8.72. The molecule has 1 aliphatic rings. The van der Waals surface area contributed by atoms with Crippen molar-refractivity contribution in [1.29, 1.82) is 0 Å². The molecule has 2 rings (SSSR count). The van der Waals surface area contributed by atoms with Crippen LogP contribution in [0.4, 0.5) is 0 Å². The molecule has 0 unspecified atom stereocenters. The van der Waals surface area contributed by atoms with E-state index in [1.165, 1.54) is 23.5 Å². The Kier molecular flexibility index (Phi) is 4.90. The molecule has 0 aliphatic carbocycles. The summed E-state index contributed by atoms with van der Waals surface area (Å²) in [5, 5.41) is 0. The number of hydrogen-bond donors (Lipinski definition) is 0. The molecule has 0 saturated carbocycles. The Morgan fingerprint density at radius 3 is 2.60 bits per heavy atom. The fourth-order valence-corrected chi connectivity index (χ4v) is 4.16. The van der Waals surface area contributed by atoms with Crippen LogP contribution in [0.15, 0.2) is 30.3 Å². The van der Waals surface area contributed by atoms with Crippen molar-refractivity contribution in [3.63, 3.8) is 0 Å². The van der Waals surface area contributed by atoms with Gasteiger partial charge >= 0.3 is 0 Å². The van der Waals surface area contributed by atoms with Gasteiger partial charge in [0, 0.05) is 0 Å². The molecule has 0 atom stereocenters. The summed E-state index contributed by atoms with van der Waals surface area (Å²) in [6, 6.07) is 10.4. The predicted octanol–water partition coefficient (Wildman–Crippen LogP) is 3.40. The van der Waals surface area contributed by atoms with E-state index in [1.54, 1.807) is 0 Å². The van der Waals surface area contributed by atoms with Gasteiger partial charge in [0.2, 0.25) is 0 Å². The molecule has 1 saturated heterocycles. The lowest BCUT2D eigenvalue weighted by molar-refractivity contribution is 0.132. The number of thioether (sulfide) groups is 2. The molecule has 0 amide bonds. The maximum absolute atomic E-state index is 5.72. The molecule has 0 N–H and O–H groups in total. The Hall–Kier alpha value is -0.120. The minimum Gasteiger partial charge on any atom is -0.375 e. The van der Waals surface area contributed by atoms with Gasteiger partial charge in [-0.25, -0.2) is 0 Å². The van der Waals surface area contributed by atoms with Crippen LogP contribution in [0, 0.1) is 0 Å². The van der Waals surface area contributed by atoms with E-state index in [4.69, 9.17) is 4.74 Å². The van der Waals surface area contributed by atoms with Gasteiger partial charge in [0.05, 0.1) is 17.8 Å². The highest BCUT2D eigenvalue weighted by Gasteiger charge is 2.13. The van der Waals surface area contributed by atoms with Crippen molar-refractivity contribution in [2.24, 2.45) is 0 Å². The van der Waals surface area contributed by atoms with Crippen molar-refractivity contribution < 1.29 is 4.74 Å². The van der Waals surface area contributed by atoms with Crippen LogP contribution in [0.1, 0.15) is 12.0 Å². The van der Waals surface area contributed by atoms with E-state index in [0.29, 0.717) is 4.58 Å². The van der Waals surface area contributed by atoms with Crippen LogP contribution >= 0.6 is 23.5 Å². The second-order valence-corrected chi connectivity index (χ2v) is 6.45. The average molecular weight is 240 g/mol. The van der Waals surface area contributed by atoms with Gasteiger partial charge in [-0.05, 0) is 23.5 Å². The Balaban J connectivity index is 1.66. The van der Waals surface area contributed by atoms with Crippen molar-refractivity contribution in [3.8, 4) is 0 Å². The van der Waals surface area contributed by atoms with Crippen molar-refractivity contribution in [1.82, 2.24) is 0 Å². The van der Waals surface area contributed by atoms with E-state index >= 15 is 0 Å². The average Bonchev–Trinajstić information content (AvgIpc) is 2.32. The van der Waals surface area contributed by atoms with Crippen molar-refractivity contribution >= 4 is 23.5 Å². The van der Waals surface area contributed by atoms with Gasteiger partial charge in [0.1, 0.15) is 0 Å². The molecule has 1 aliphatic heterocycles. The van der Waals surface area contributed by atoms with Crippen LogP contribution in [-0.4, -0.2) is 22.7 Å². The molecule has 1 aromatic rings. The first-order valence-electron chi connectivity index (χ1n) is 5.30. The number of benzene rings is 1. The van der Waals surface area contributed by atoms with E-state index in [9.17, 15) is 0 Å². The zero-order chi connectivity index (χ0) is 10.3. The maximum Gasteiger partial charge on any atom is 0.0735 e. The zero-order valence-corrected chi connectivity index (χ0v) is 10.4. The highest BCUT2D eigenvalue weighted by molar-refractivity contribution is 8.17. The molecule has 0 bridgehead atoms. The SMILES string of the molecule is c1ccc(COCC2SCCCS2)cc1. The molecular formula is C12H16OS2. The molecule has 1 heterocycles. The smallest absolute Gasteiger partial charge is 0.0735 e. The summed E-state index contributed by atoms with van der Waals surface area (Å²) in [7, 11) is 0. The lowest BCUT2D eigenvalue weighted by Gasteiger charge is -2.20. The second-order valence-electron chi connectivity index (χ2n) is 3.53. The summed E-state index contributed by atoms with van der Waals surface area (Å²) in [5.41, 5.74) is 1.27. The molecule has 1 nitrogen and oxygen atoms in total. The Morgan fingerprint density at radius 2 is 1.87 bits per heavy atom. The van der Waals surface area contributed by atoms with Crippen LogP contribution in [-0.2, 0) is 11.3 Å². The quantitative estimate of drug-likeness (QED) is 0.798. The van der Waals surface area contributed by atoms with E-state index < -0.39 is 0 Å². The summed E-state index contributed by atoms with van der Waals surface area (Å²) in [6.07, 6.45) is 1.35. The lowest BCUT2D eigenvalue weighted by atomic mass is 10.2. The maximum atomic E-state index is 5.72. The van der Waals surface area contributed by atoms with Crippen LogP contribution in [0.5, 0.6) is 0 Å². The monoisotopic (exact) mass is 240 g/mol. The van der Waals surface area contributed by atoms with Gasteiger partial charge in [-0.1, -0.05) is 30.3 Å². The van der Waals surface area contributed by atoms with E-state index in [-0.39, 0.29) is 0 Å². The second kappa shape index (κ2) is 6.46. The third-order valence-electron chi connectivity index (χ3n) is 2.26. The number of hydrogen-bond acceptors (Lipinski definition) is 3. The third kappa shape index (κ3) is 4.09. The van der Waals surface area contributed by atoms with Crippen molar-refractivity contribution in [3.05, 3.63) is 35.9 Å². The summed E-state index contributed by atoms with van der Waals surface area (Å²) in [5.74, 6) is 2.60. The highest BCUT2D eigenvalue weighted by Crippen LogP contribution is 2.30. The van der Waals surface area contributed by atoms with Gasteiger partial charge in [0.25, 0.3) is 0 Å². The fourth-order valence-electron chi connectivity index (χ4n) is 1.48. The van der Waals surface area contributed by atoms with Gasteiger partial charge in [-0.15, -0.1) is 23.5 Å². The summed E-state index contributed by atoms with van der Waals surface area (Å²) in [6.45, 7) is 1.63. The standard InChI is InChI=1S/C12H16OS2/c1-2-5-11(6-3-1)9-13-10-12-14-7-4-8-15-12/h1-3,5-6,12H,4,7-10H2. The van der Waals surface area contributed by atoms with E-state index in [1.807, 2.05) is 29.6 Å². The van der Waals surface area contributed by atoms with Crippen molar-refractivity contribution in [2.45, 2.75) is 17.6 Å². The lowest BCUT2D eigenvalue weighted by Crippen LogP contribution is -2.13. The summed E-state index contributed by atoms with van der Waals surface area (Å²) >= 11 is 4.07. The van der Waals surface area contributed by atoms with Gasteiger partial charge in [-0.3, -0.25) is 0 Å². The molecule has 3 heteroatoms. The fraction of sp³-hybridized carbons (Fsp3) is 0.500. The van der Waals surface area contributed by atoms with E-state index in [0.717, 1.165) is 13.2 Å². The van der Waals surface area contributed by atoms with Crippen LogP contribution in [0.3, 0.4) is 0 Å². The van der Waals surface area contributed by atoms with Crippen LogP contribution in [0.25, 0.3) is 0 Å². The topological polar surface area (TPSA) is 9.23 Å². The highest BCUT2D eigenvalue weighted by atomic mass is 32.2. The molecule has 1 aromatic carbocycles. The number of ether oxygens (including phenoxy) is 1. The predicted molar refractivity (Wildman–Crippen MR) is 69.4 cm³/mol. The van der Waals surface area contributed by atoms with Gasteiger partial charge in [-0.2, -0.15) is 0 Å². The normalized spacial score (nSPS) is 17.9. The molecule has 0 spiro atoms. The largest absolute Gasteiger partial charge is 0.375 e. The Morgan fingerprint density at radius 1 is 1.13 bits per heavy atom. The van der Waals surface area contributed by atoms with Crippen molar-refractivity contribution in [2.75, 3.05) is 18.1 Å². The molecule has 1 fully saturated rings. The molecule has 0 aromatic heterocycles. The first-order chi connectivity index (χ1) is 7.45. The third-order valence-corrected chi connectivity index (χ3v) is 5.14. The van der Waals surface area contributed by atoms with Crippen LogP contribution in [0.2, 0.25) is 0 Å². The molecule has 82 valence electrons. The minimum absolute atomic E-state index is 0.655. The Bertz CT molecular complexity index is 270. The summed E-state index contributed by atoms with van der Waals surface area (Å²) in [4.78, 5) is 0. The number of rotatable bonds is 4. The molecule has 0 radical (unpaired) electrons. The van der Waals surface area contributed by atoms with E-state index in [2.05, 4.69) is 24.3 Å². The minimum atomic E-state index is 0.655. The first-order valence-corrected chi connectivity index (χ1v) is 7.40. The molecule has 15 heavy (non-hydrogen) atoms. The summed E-state index contributed by atoms with van der Waals surface area (Å²) < 4.78 is 6.37. The van der Waals surface area contributed by atoms with Gasteiger partial charge < -0.3 is 4.74 Å². The Labute approximate surface area is 100.0 Å².